The normalized spacial score (nSPS) is 16.0. The molecule has 166 valence electrons. The zero-order chi connectivity index (χ0) is 23.1. The van der Waals surface area contributed by atoms with E-state index >= 15 is 0 Å². The number of alkyl halides is 13. The van der Waals surface area contributed by atoms with Crippen LogP contribution in [0.15, 0.2) is 12.2 Å². The molecule has 0 N–H and O–H groups in total. The van der Waals surface area contributed by atoms with E-state index in [0.717, 1.165) is 6.92 Å². The van der Waals surface area contributed by atoms with Crippen molar-refractivity contribution in [3.05, 3.63) is 12.2 Å². The van der Waals surface area contributed by atoms with Crippen LogP contribution in [0.4, 0.5) is 57.1 Å². The van der Waals surface area contributed by atoms with Gasteiger partial charge in [0.2, 0.25) is 0 Å². The second-order valence-corrected chi connectivity index (χ2v) is 5.40. The molecule has 0 aliphatic rings. The number of hydrogen-bond donors (Lipinski definition) is 0. The van der Waals surface area contributed by atoms with E-state index in [9.17, 15) is 61.9 Å². The average Bonchev–Trinajstić information content (AvgIpc) is 2.52. The first-order chi connectivity index (χ1) is 12.1. The summed E-state index contributed by atoms with van der Waals surface area (Å²) in [5.41, 5.74) is -1.03. The Hall–Kier alpha value is -1.70. The second kappa shape index (κ2) is 7.28. The molecule has 0 aliphatic carbocycles. The van der Waals surface area contributed by atoms with Crippen LogP contribution in [0.3, 0.4) is 0 Å². The Labute approximate surface area is 148 Å². The number of ether oxygens (including phenoxy) is 1. The van der Waals surface area contributed by atoms with Crippen molar-refractivity contribution in [1.29, 1.82) is 0 Å². The van der Waals surface area contributed by atoms with Crippen LogP contribution < -0.4 is 0 Å². The summed E-state index contributed by atoms with van der Waals surface area (Å²) < 4.78 is 174. The number of hydrogen-bond acceptors (Lipinski definition) is 2. The monoisotopic (exact) mass is 446 g/mol. The minimum atomic E-state index is -7.95. The molecule has 2 nitrogen and oxygen atoms in total. The summed E-state index contributed by atoms with van der Waals surface area (Å²) in [5.74, 6) is -40.2. The fourth-order valence-corrected chi connectivity index (χ4v) is 1.43. The zero-order valence-electron chi connectivity index (χ0n) is 13.7. The molecule has 0 bridgehead atoms. The maximum atomic E-state index is 13.4. The van der Waals surface area contributed by atoms with Crippen LogP contribution in [0.25, 0.3) is 0 Å². The average molecular weight is 446 g/mol. The van der Waals surface area contributed by atoms with E-state index in [1.54, 1.807) is 0 Å². The van der Waals surface area contributed by atoms with E-state index in [0.29, 0.717) is 0 Å². The molecule has 0 radical (unpaired) electrons. The highest BCUT2D eigenvalue weighted by atomic mass is 19.4. The molecule has 0 aliphatic heterocycles. The molecule has 0 aromatic rings. The standard InChI is InChI=1S/C13H11F13O2/c1-4-5(2)7(27)28-13(25,26)12(23,24)11(21,22)10(19,20)9(17,18)8(15,16)6(3)14/h6H,2,4H2,1,3H3. The first-order valence-corrected chi connectivity index (χ1v) is 6.88. The molecule has 0 amide bonds. The molecule has 0 heterocycles. The molecule has 0 spiro atoms. The van der Waals surface area contributed by atoms with Crippen LogP contribution in [0.5, 0.6) is 0 Å². The van der Waals surface area contributed by atoms with E-state index in [-0.39, 0.29) is 0 Å². The van der Waals surface area contributed by atoms with Crippen molar-refractivity contribution in [2.45, 2.75) is 62.2 Å². The third-order valence-electron chi connectivity index (χ3n) is 3.40. The van der Waals surface area contributed by atoms with Crippen LogP contribution in [-0.2, 0) is 9.53 Å². The van der Waals surface area contributed by atoms with E-state index in [2.05, 4.69) is 11.3 Å². The molecule has 0 aromatic heterocycles. The summed E-state index contributed by atoms with van der Waals surface area (Å²) in [6, 6.07) is 0. The maximum absolute atomic E-state index is 13.4. The van der Waals surface area contributed by atoms with Gasteiger partial charge in [-0.05, 0) is 13.3 Å². The van der Waals surface area contributed by atoms with Gasteiger partial charge in [-0.3, -0.25) is 0 Å². The highest BCUT2D eigenvalue weighted by Gasteiger charge is 2.91. The van der Waals surface area contributed by atoms with Crippen molar-refractivity contribution in [3.8, 4) is 0 Å². The van der Waals surface area contributed by atoms with Crippen molar-refractivity contribution in [3.63, 3.8) is 0 Å². The molecule has 0 saturated heterocycles. The van der Waals surface area contributed by atoms with Gasteiger partial charge in [0.25, 0.3) is 0 Å². The summed E-state index contributed by atoms with van der Waals surface area (Å²) in [7, 11) is 0. The Morgan fingerprint density at radius 2 is 1.18 bits per heavy atom. The molecule has 0 fully saturated rings. The smallest absolute Gasteiger partial charge is 0.393 e. The van der Waals surface area contributed by atoms with E-state index in [1.807, 2.05) is 0 Å². The Morgan fingerprint density at radius 3 is 1.50 bits per heavy atom. The molecule has 0 rings (SSSR count). The third-order valence-corrected chi connectivity index (χ3v) is 3.40. The first-order valence-electron chi connectivity index (χ1n) is 6.88. The molecule has 15 heteroatoms. The number of esters is 1. The number of rotatable bonds is 9. The van der Waals surface area contributed by atoms with Gasteiger partial charge >= 0.3 is 41.7 Å². The predicted octanol–water partition coefficient (Wildman–Crippen LogP) is 5.62. The first kappa shape index (κ1) is 26.3. The lowest BCUT2D eigenvalue weighted by molar-refractivity contribution is -0.452. The Kier molecular flexibility index (Phi) is 6.84. The van der Waals surface area contributed by atoms with E-state index < -0.39 is 66.8 Å². The number of carbonyl (C=O) groups excluding carboxylic acids is 1. The molecular formula is C13H11F13O2. The van der Waals surface area contributed by atoms with Gasteiger partial charge in [-0.25, -0.2) is 9.18 Å². The van der Waals surface area contributed by atoms with Gasteiger partial charge in [0, 0.05) is 5.57 Å². The summed E-state index contributed by atoms with van der Waals surface area (Å²) in [5, 5.41) is 0. The highest BCUT2D eigenvalue weighted by molar-refractivity contribution is 5.87. The van der Waals surface area contributed by atoms with Crippen LogP contribution in [0, 0.1) is 0 Å². The molecule has 28 heavy (non-hydrogen) atoms. The van der Waals surface area contributed by atoms with Gasteiger partial charge in [0.1, 0.15) is 0 Å². The van der Waals surface area contributed by atoms with Crippen molar-refractivity contribution < 1.29 is 66.6 Å². The third kappa shape index (κ3) is 3.63. The highest BCUT2D eigenvalue weighted by Crippen LogP contribution is 2.60. The largest absolute Gasteiger partial charge is 0.473 e. The summed E-state index contributed by atoms with van der Waals surface area (Å²) in [6.07, 6.45) is -11.7. The summed E-state index contributed by atoms with van der Waals surface area (Å²) >= 11 is 0. The van der Waals surface area contributed by atoms with Crippen LogP contribution in [-0.4, -0.2) is 47.9 Å². The fourth-order valence-electron chi connectivity index (χ4n) is 1.43. The van der Waals surface area contributed by atoms with Crippen LogP contribution >= 0.6 is 0 Å². The molecule has 1 atom stereocenters. The van der Waals surface area contributed by atoms with Gasteiger partial charge in [-0.1, -0.05) is 13.5 Å². The fraction of sp³-hybridized carbons (Fsp3) is 0.769. The van der Waals surface area contributed by atoms with Crippen molar-refractivity contribution in [2.24, 2.45) is 0 Å². The minimum Gasteiger partial charge on any atom is -0.393 e. The molecule has 1 unspecified atom stereocenters. The summed E-state index contributed by atoms with van der Waals surface area (Å²) in [6.45, 7) is 3.22. The van der Waals surface area contributed by atoms with Gasteiger partial charge < -0.3 is 4.74 Å². The lowest BCUT2D eigenvalue weighted by atomic mass is 9.92. The lowest BCUT2D eigenvalue weighted by Crippen LogP contribution is -2.72. The van der Waals surface area contributed by atoms with E-state index in [4.69, 9.17) is 0 Å². The quantitative estimate of drug-likeness (QED) is 0.261. The van der Waals surface area contributed by atoms with E-state index in [1.165, 1.54) is 0 Å². The zero-order valence-corrected chi connectivity index (χ0v) is 13.7. The SMILES string of the molecule is C=C(CC)C(=O)OC(F)(F)C(F)(F)C(F)(F)C(F)(F)C(F)(F)C(F)(F)C(C)F. The molecule has 0 saturated carbocycles. The Balaban J connectivity index is 6.31. The topological polar surface area (TPSA) is 26.3 Å². The van der Waals surface area contributed by atoms with Gasteiger partial charge in [0.05, 0.1) is 0 Å². The second-order valence-electron chi connectivity index (χ2n) is 5.40. The Bertz CT molecular complexity index is 610. The van der Waals surface area contributed by atoms with Crippen LogP contribution in [0.2, 0.25) is 0 Å². The number of halogens is 13. The van der Waals surface area contributed by atoms with Crippen molar-refractivity contribution in [1.82, 2.24) is 0 Å². The number of carbonyl (C=O) groups is 1. The summed E-state index contributed by atoms with van der Waals surface area (Å²) in [4.78, 5) is 11.0. The lowest BCUT2D eigenvalue weighted by Gasteiger charge is -2.40. The molecular weight excluding hydrogens is 435 g/mol. The van der Waals surface area contributed by atoms with Gasteiger partial charge in [-0.2, -0.15) is 52.7 Å². The van der Waals surface area contributed by atoms with Crippen molar-refractivity contribution >= 4 is 5.97 Å². The molecule has 0 aromatic carbocycles. The van der Waals surface area contributed by atoms with Gasteiger partial charge in [-0.15, -0.1) is 0 Å². The van der Waals surface area contributed by atoms with Crippen LogP contribution in [0.1, 0.15) is 20.3 Å². The van der Waals surface area contributed by atoms with Gasteiger partial charge in [0.15, 0.2) is 6.17 Å². The van der Waals surface area contributed by atoms with Crippen molar-refractivity contribution in [2.75, 3.05) is 0 Å². The Morgan fingerprint density at radius 1 is 0.821 bits per heavy atom. The minimum absolute atomic E-state index is 0.493. The maximum Gasteiger partial charge on any atom is 0.473 e. The predicted molar refractivity (Wildman–Crippen MR) is 65.8 cm³/mol.